The first-order valence-electron chi connectivity index (χ1n) is 8.47. The van der Waals surface area contributed by atoms with Crippen molar-refractivity contribution in [1.29, 1.82) is 0 Å². The highest BCUT2D eigenvalue weighted by molar-refractivity contribution is 6.04. The van der Waals surface area contributed by atoms with E-state index in [9.17, 15) is 14.4 Å². The number of amides is 3. The standard InChI is InChI=1S/C19H19N3O3/c23-17-8-4-7-16-15-9-13(11-22(16)17)10-21(12-15)19(25)20-18(24)14-5-2-1-3-6-14/h1-8,13,15H,9-12H2,(H,20,24,25). The summed E-state index contributed by atoms with van der Waals surface area (Å²) >= 11 is 0. The number of likely N-dealkylation sites (tertiary alicyclic amines) is 1. The molecule has 1 aromatic carbocycles. The smallest absolute Gasteiger partial charge is 0.323 e. The number of carbonyl (C=O) groups excluding carboxylic acids is 2. The largest absolute Gasteiger partial charge is 0.324 e. The molecule has 6 nitrogen and oxygen atoms in total. The number of fused-ring (bicyclic) bond motifs is 4. The molecule has 2 aromatic rings. The van der Waals surface area contributed by atoms with Crippen LogP contribution in [0.2, 0.25) is 0 Å². The predicted molar refractivity (Wildman–Crippen MR) is 92.4 cm³/mol. The lowest BCUT2D eigenvalue weighted by atomic mass is 9.83. The normalized spacial score (nSPS) is 21.4. The number of hydrogen-bond acceptors (Lipinski definition) is 3. The Morgan fingerprint density at radius 2 is 1.76 bits per heavy atom. The highest BCUT2D eigenvalue weighted by atomic mass is 16.2. The molecule has 6 heteroatoms. The van der Waals surface area contributed by atoms with Crippen molar-refractivity contribution in [3.63, 3.8) is 0 Å². The van der Waals surface area contributed by atoms with Gasteiger partial charge in [-0.15, -0.1) is 0 Å². The Balaban J connectivity index is 1.49. The van der Waals surface area contributed by atoms with Gasteiger partial charge in [-0.05, 0) is 30.5 Å². The van der Waals surface area contributed by atoms with Crippen LogP contribution in [0.1, 0.15) is 28.4 Å². The number of urea groups is 1. The van der Waals surface area contributed by atoms with E-state index in [1.807, 2.05) is 16.7 Å². The Bertz CT molecular complexity index is 875. The van der Waals surface area contributed by atoms with Crippen molar-refractivity contribution in [2.75, 3.05) is 13.1 Å². The van der Waals surface area contributed by atoms with Crippen molar-refractivity contribution >= 4 is 11.9 Å². The van der Waals surface area contributed by atoms with E-state index in [4.69, 9.17) is 0 Å². The molecule has 25 heavy (non-hydrogen) atoms. The first-order chi connectivity index (χ1) is 12.1. The molecule has 1 aromatic heterocycles. The number of nitrogens with zero attached hydrogens (tertiary/aromatic N) is 2. The van der Waals surface area contributed by atoms with Crippen LogP contribution in [0, 0.1) is 5.92 Å². The van der Waals surface area contributed by atoms with Gasteiger partial charge in [-0.3, -0.25) is 14.9 Å². The number of rotatable bonds is 1. The topological polar surface area (TPSA) is 71.4 Å². The lowest BCUT2D eigenvalue weighted by Gasteiger charge is -2.42. The maximum Gasteiger partial charge on any atom is 0.324 e. The minimum absolute atomic E-state index is 0.0179. The second-order valence-electron chi connectivity index (χ2n) is 6.73. The summed E-state index contributed by atoms with van der Waals surface area (Å²) in [4.78, 5) is 38.4. The number of nitrogens with one attached hydrogen (secondary N) is 1. The van der Waals surface area contributed by atoms with E-state index in [1.54, 1.807) is 41.3 Å². The number of hydrogen-bond donors (Lipinski definition) is 1. The average Bonchev–Trinajstić information content (AvgIpc) is 2.63. The molecule has 2 unspecified atom stereocenters. The summed E-state index contributed by atoms with van der Waals surface area (Å²) in [6.45, 7) is 1.71. The van der Waals surface area contributed by atoms with Crippen LogP contribution in [0.15, 0.2) is 53.3 Å². The summed E-state index contributed by atoms with van der Waals surface area (Å²) < 4.78 is 1.82. The minimum atomic E-state index is -0.391. The van der Waals surface area contributed by atoms with Crippen LogP contribution in [-0.2, 0) is 6.54 Å². The van der Waals surface area contributed by atoms with E-state index in [-0.39, 0.29) is 23.4 Å². The van der Waals surface area contributed by atoms with Gasteiger partial charge < -0.3 is 9.47 Å². The van der Waals surface area contributed by atoms with Gasteiger partial charge in [-0.1, -0.05) is 24.3 Å². The monoisotopic (exact) mass is 337 g/mol. The van der Waals surface area contributed by atoms with Crippen molar-refractivity contribution in [2.24, 2.45) is 5.92 Å². The Labute approximate surface area is 145 Å². The Hall–Kier alpha value is -2.89. The Morgan fingerprint density at radius 3 is 2.56 bits per heavy atom. The molecule has 2 bridgehead atoms. The van der Waals surface area contributed by atoms with Crippen LogP contribution >= 0.6 is 0 Å². The van der Waals surface area contributed by atoms with Crippen LogP contribution in [-0.4, -0.2) is 34.5 Å². The van der Waals surface area contributed by atoms with Gasteiger partial charge in [0.25, 0.3) is 11.5 Å². The van der Waals surface area contributed by atoms with Crippen molar-refractivity contribution in [1.82, 2.24) is 14.8 Å². The molecule has 128 valence electrons. The first kappa shape index (κ1) is 15.6. The number of piperidine rings is 1. The van der Waals surface area contributed by atoms with Gasteiger partial charge in [0.15, 0.2) is 0 Å². The molecule has 0 spiro atoms. The summed E-state index contributed by atoms with van der Waals surface area (Å²) in [6, 6.07) is 13.6. The molecule has 0 saturated carbocycles. The number of aromatic nitrogens is 1. The molecule has 3 amide bonds. The van der Waals surface area contributed by atoms with Crippen LogP contribution in [0.4, 0.5) is 4.79 Å². The SMILES string of the molecule is O=C(NC(=O)N1CC2CC(C1)c1cccc(=O)n1C2)c1ccccc1. The quantitative estimate of drug-likeness (QED) is 0.863. The molecule has 0 aliphatic carbocycles. The molecule has 4 rings (SSSR count). The molecule has 2 atom stereocenters. The van der Waals surface area contributed by atoms with E-state index in [1.165, 1.54) is 0 Å². The number of pyridine rings is 1. The molecule has 1 fully saturated rings. The molecule has 1 N–H and O–H groups in total. The van der Waals surface area contributed by atoms with Gasteiger partial charge in [0, 0.05) is 42.9 Å². The number of benzene rings is 1. The maximum absolute atomic E-state index is 12.5. The highest BCUT2D eigenvalue weighted by Gasteiger charge is 2.36. The predicted octanol–water partition coefficient (Wildman–Crippen LogP) is 1.82. The second kappa shape index (κ2) is 6.20. The zero-order valence-corrected chi connectivity index (χ0v) is 13.7. The summed E-state index contributed by atoms with van der Waals surface area (Å²) in [7, 11) is 0. The second-order valence-corrected chi connectivity index (χ2v) is 6.73. The van der Waals surface area contributed by atoms with Gasteiger partial charge in [0.2, 0.25) is 0 Å². The zero-order valence-electron chi connectivity index (χ0n) is 13.7. The van der Waals surface area contributed by atoms with Crippen LogP contribution in [0.25, 0.3) is 0 Å². The zero-order chi connectivity index (χ0) is 17.4. The Kier molecular flexibility index (Phi) is 3.87. The van der Waals surface area contributed by atoms with Gasteiger partial charge in [-0.2, -0.15) is 0 Å². The highest BCUT2D eigenvalue weighted by Crippen LogP contribution is 2.34. The fourth-order valence-electron chi connectivity index (χ4n) is 3.90. The Morgan fingerprint density at radius 1 is 0.960 bits per heavy atom. The van der Waals surface area contributed by atoms with Crippen LogP contribution < -0.4 is 10.9 Å². The van der Waals surface area contributed by atoms with Gasteiger partial charge in [-0.25, -0.2) is 4.79 Å². The fourth-order valence-corrected chi connectivity index (χ4v) is 3.90. The fraction of sp³-hybridized carbons (Fsp3) is 0.316. The summed E-state index contributed by atoms with van der Waals surface area (Å²) in [5, 5.41) is 2.47. The number of imide groups is 1. The van der Waals surface area contributed by atoms with Gasteiger partial charge >= 0.3 is 6.03 Å². The van der Waals surface area contributed by atoms with Crippen LogP contribution in [0.5, 0.6) is 0 Å². The molecular weight excluding hydrogens is 318 g/mol. The summed E-state index contributed by atoms with van der Waals surface area (Å²) in [5.74, 6) is -0.0131. The third kappa shape index (κ3) is 2.95. The molecular formula is C19H19N3O3. The van der Waals surface area contributed by atoms with Crippen molar-refractivity contribution in [2.45, 2.75) is 18.9 Å². The summed E-state index contributed by atoms with van der Waals surface area (Å²) in [5.41, 5.74) is 1.46. The van der Waals surface area contributed by atoms with E-state index in [0.29, 0.717) is 25.2 Å². The third-order valence-electron chi connectivity index (χ3n) is 5.02. The van der Waals surface area contributed by atoms with E-state index in [2.05, 4.69) is 5.32 Å². The average molecular weight is 337 g/mol. The van der Waals surface area contributed by atoms with Gasteiger partial charge in [0.05, 0.1) is 0 Å². The van der Waals surface area contributed by atoms with Gasteiger partial charge in [0.1, 0.15) is 0 Å². The summed E-state index contributed by atoms with van der Waals surface area (Å²) in [6.07, 6.45) is 0.972. The van der Waals surface area contributed by atoms with Crippen molar-refractivity contribution < 1.29 is 9.59 Å². The molecule has 3 heterocycles. The maximum atomic E-state index is 12.5. The van der Waals surface area contributed by atoms with E-state index >= 15 is 0 Å². The van der Waals surface area contributed by atoms with Crippen molar-refractivity contribution in [3.05, 3.63) is 70.1 Å². The van der Waals surface area contributed by atoms with E-state index < -0.39 is 5.91 Å². The first-order valence-corrected chi connectivity index (χ1v) is 8.47. The van der Waals surface area contributed by atoms with E-state index in [0.717, 1.165) is 12.1 Å². The minimum Gasteiger partial charge on any atom is -0.323 e. The molecule has 2 aliphatic rings. The molecule has 1 saturated heterocycles. The molecule has 2 aliphatic heterocycles. The van der Waals surface area contributed by atoms with Crippen LogP contribution in [0.3, 0.4) is 0 Å². The lowest BCUT2D eigenvalue weighted by Crippen LogP contribution is -2.52. The molecule has 0 radical (unpaired) electrons. The lowest BCUT2D eigenvalue weighted by molar-refractivity contribution is 0.0925. The number of carbonyl (C=O) groups is 2. The third-order valence-corrected chi connectivity index (χ3v) is 5.02. The van der Waals surface area contributed by atoms with Crippen molar-refractivity contribution in [3.8, 4) is 0 Å².